The van der Waals surface area contributed by atoms with Crippen molar-refractivity contribution in [2.24, 2.45) is 5.92 Å². The molecule has 1 aliphatic heterocycles. The summed E-state index contributed by atoms with van der Waals surface area (Å²) in [6, 6.07) is 0. The molecular formula is C15H20FNO4S. The quantitative estimate of drug-likeness (QED) is 0.740. The molecule has 2 atom stereocenters. The van der Waals surface area contributed by atoms with Crippen LogP contribution in [0.15, 0.2) is 35.7 Å². The third kappa shape index (κ3) is 2.75. The molecule has 0 saturated carbocycles. The Bertz CT molecular complexity index is 665. The van der Waals surface area contributed by atoms with Crippen molar-refractivity contribution in [1.29, 1.82) is 0 Å². The second-order valence-corrected chi connectivity index (χ2v) is 7.95. The van der Waals surface area contributed by atoms with E-state index in [-0.39, 0.29) is 19.7 Å². The van der Waals surface area contributed by atoms with Crippen LogP contribution in [0.2, 0.25) is 0 Å². The molecule has 0 fully saturated rings. The van der Waals surface area contributed by atoms with E-state index in [1.165, 1.54) is 22.5 Å². The first-order valence-electron chi connectivity index (χ1n) is 7.14. The summed E-state index contributed by atoms with van der Waals surface area (Å²) >= 11 is 0. The van der Waals surface area contributed by atoms with Crippen molar-refractivity contribution in [3.05, 3.63) is 35.7 Å². The standard InChI is InChI=1S/C15H20FNO4S/c1-4-21-14(18)12-6-8-17(10-12)22(19,20)15(3)7-5-13(16)9-11(15)2/h5-7,9,11H,4,8,10H2,1-3H3. The molecule has 1 aliphatic carbocycles. The fraction of sp³-hybridized carbons (Fsp3) is 0.533. The second-order valence-electron chi connectivity index (χ2n) is 5.60. The van der Waals surface area contributed by atoms with Crippen LogP contribution < -0.4 is 0 Å². The molecule has 122 valence electrons. The van der Waals surface area contributed by atoms with Crippen LogP contribution in [-0.2, 0) is 19.6 Å². The van der Waals surface area contributed by atoms with E-state index in [0.717, 1.165) is 0 Å². The number of nitrogens with zero attached hydrogens (tertiary/aromatic N) is 1. The summed E-state index contributed by atoms with van der Waals surface area (Å²) in [7, 11) is -3.74. The van der Waals surface area contributed by atoms with Crippen LogP contribution in [0.25, 0.3) is 0 Å². The molecule has 2 aliphatic rings. The van der Waals surface area contributed by atoms with E-state index in [9.17, 15) is 17.6 Å². The van der Waals surface area contributed by atoms with Gasteiger partial charge in [0.1, 0.15) is 10.6 Å². The molecule has 0 aromatic heterocycles. The summed E-state index contributed by atoms with van der Waals surface area (Å²) in [5, 5.41) is 0. The van der Waals surface area contributed by atoms with Gasteiger partial charge in [-0.2, -0.15) is 4.31 Å². The second kappa shape index (κ2) is 5.96. The average Bonchev–Trinajstić information content (AvgIpc) is 2.94. The van der Waals surface area contributed by atoms with E-state index in [0.29, 0.717) is 5.57 Å². The van der Waals surface area contributed by atoms with Gasteiger partial charge >= 0.3 is 5.97 Å². The number of hydrogen-bond donors (Lipinski definition) is 0. The lowest BCUT2D eigenvalue weighted by Crippen LogP contribution is -2.49. The van der Waals surface area contributed by atoms with Gasteiger partial charge in [-0.05, 0) is 26.0 Å². The molecule has 0 bridgehead atoms. The van der Waals surface area contributed by atoms with Gasteiger partial charge in [-0.1, -0.05) is 19.1 Å². The van der Waals surface area contributed by atoms with Gasteiger partial charge in [0.15, 0.2) is 0 Å². The Labute approximate surface area is 130 Å². The van der Waals surface area contributed by atoms with Crippen LogP contribution in [0.3, 0.4) is 0 Å². The number of carbonyl (C=O) groups is 1. The first-order valence-corrected chi connectivity index (χ1v) is 8.58. The van der Waals surface area contributed by atoms with E-state index in [2.05, 4.69) is 0 Å². The van der Waals surface area contributed by atoms with Crippen LogP contribution >= 0.6 is 0 Å². The van der Waals surface area contributed by atoms with Crippen LogP contribution in [0.4, 0.5) is 4.39 Å². The van der Waals surface area contributed by atoms with Gasteiger partial charge in [-0.3, -0.25) is 0 Å². The summed E-state index contributed by atoms with van der Waals surface area (Å²) in [5.74, 6) is -1.44. The monoisotopic (exact) mass is 329 g/mol. The Hall–Kier alpha value is -1.47. The maximum absolute atomic E-state index is 13.3. The lowest BCUT2D eigenvalue weighted by atomic mass is 9.90. The number of ether oxygens (including phenoxy) is 1. The highest BCUT2D eigenvalue weighted by Gasteiger charge is 2.47. The zero-order chi connectivity index (χ0) is 16.5. The number of halogens is 1. The molecule has 0 aromatic rings. The van der Waals surface area contributed by atoms with E-state index in [4.69, 9.17) is 4.74 Å². The van der Waals surface area contributed by atoms with Gasteiger partial charge in [-0.15, -0.1) is 0 Å². The van der Waals surface area contributed by atoms with Crippen molar-refractivity contribution in [3.8, 4) is 0 Å². The normalized spacial score (nSPS) is 29.2. The Morgan fingerprint density at radius 2 is 2.23 bits per heavy atom. The fourth-order valence-corrected chi connectivity index (χ4v) is 4.46. The minimum atomic E-state index is -3.74. The maximum Gasteiger partial charge on any atom is 0.335 e. The lowest BCUT2D eigenvalue weighted by Gasteiger charge is -2.36. The van der Waals surface area contributed by atoms with E-state index in [1.807, 2.05) is 0 Å². The van der Waals surface area contributed by atoms with Crippen molar-refractivity contribution in [2.45, 2.75) is 25.5 Å². The van der Waals surface area contributed by atoms with Gasteiger partial charge in [0, 0.05) is 24.6 Å². The number of esters is 1. The van der Waals surface area contributed by atoms with Crippen molar-refractivity contribution >= 4 is 16.0 Å². The zero-order valence-corrected chi connectivity index (χ0v) is 13.7. The average molecular weight is 329 g/mol. The highest BCUT2D eigenvalue weighted by Crippen LogP contribution is 2.37. The molecule has 7 heteroatoms. The van der Waals surface area contributed by atoms with Gasteiger partial charge in [-0.25, -0.2) is 17.6 Å². The van der Waals surface area contributed by atoms with Crippen molar-refractivity contribution in [1.82, 2.24) is 4.31 Å². The summed E-state index contributed by atoms with van der Waals surface area (Å²) < 4.78 is 44.0. The topological polar surface area (TPSA) is 63.7 Å². The smallest absolute Gasteiger partial charge is 0.335 e. The third-order valence-corrected chi connectivity index (χ3v) is 6.79. The van der Waals surface area contributed by atoms with Gasteiger partial charge in [0.05, 0.1) is 6.61 Å². The van der Waals surface area contributed by atoms with Crippen molar-refractivity contribution < 1.29 is 22.3 Å². The summed E-state index contributed by atoms with van der Waals surface area (Å²) in [6.07, 6.45) is 5.41. The largest absolute Gasteiger partial charge is 0.463 e. The number of carbonyl (C=O) groups excluding carboxylic acids is 1. The molecule has 2 unspecified atom stereocenters. The fourth-order valence-electron chi connectivity index (χ4n) is 2.54. The first kappa shape index (κ1) is 16.9. The molecule has 5 nitrogen and oxygen atoms in total. The van der Waals surface area contributed by atoms with Crippen LogP contribution in [-0.4, -0.2) is 43.1 Å². The SMILES string of the molecule is CCOC(=O)C1=CCN(S(=O)(=O)C2(C)C=CC(F)=CC2C)C1. The number of allylic oxidation sites excluding steroid dienone is 3. The Morgan fingerprint density at radius 3 is 2.82 bits per heavy atom. The molecule has 0 spiro atoms. The van der Waals surface area contributed by atoms with Crippen molar-refractivity contribution in [3.63, 3.8) is 0 Å². The predicted molar refractivity (Wildman–Crippen MR) is 81.1 cm³/mol. The van der Waals surface area contributed by atoms with Gasteiger partial charge in [0.25, 0.3) is 0 Å². The molecule has 0 amide bonds. The van der Waals surface area contributed by atoms with Crippen molar-refractivity contribution in [2.75, 3.05) is 19.7 Å². The van der Waals surface area contributed by atoms with Crippen LogP contribution in [0, 0.1) is 5.92 Å². The highest BCUT2D eigenvalue weighted by molar-refractivity contribution is 7.90. The van der Waals surface area contributed by atoms with Crippen LogP contribution in [0.1, 0.15) is 20.8 Å². The molecule has 0 N–H and O–H groups in total. The molecule has 2 rings (SSSR count). The minimum Gasteiger partial charge on any atom is -0.463 e. The molecule has 0 saturated heterocycles. The maximum atomic E-state index is 13.3. The number of rotatable bonds is 4. The lowest BCUT2D eigenvalue weighted by molar-refractivity contribution is -0.138. The summed E-state index contributed by atoms with van der Waals surface area (Å²) in [4.78, 5) is 11.7. The third-order valence-electron chi connectivity index (χ3n) is 4.21. The van der Waals surface area contributed by atoms with Crippen LogP contribution in [0.5, 0.6) is 0 Å². The Balaban J connectivity index is 2.20. The summed E-state index contributed by atoms with van der Waals surface area (Å²) in [6.45, 7) is 5.27. The van der Waals surface area contributed by atoms with E-state index < -0.39 is 32.5 Å². The predicted octanol–water partition coefficient (Wildman–Crippen LogP) is 1.94. The molecule has 0 aromatic carbocycles. The Morgan fingerprint density at radius 1 is 1.55 bits per heavy atom. The van der Waals surface area contributed by atoms with Gasteiger partial charge < -0.3 is 4.74 Å². The molecule has 1 heterocycles. The molecule has 0 radical (unpaired) electrons. The highest BCUT2D eigenvalue weighted by atomic mass is 32.2. The minimum absolute atomic E-state index is 0.0104. The zero-order valence-electron chi connectivity index (χ0n) is 12.9. The number of hydrogen-bond acceptors (Lipinski definition) is 4. The first-order chi connectivity index (χ1) is 10.2. The van der Waals surface area contributed by atoms with E-state index >= 15 is 0 Å². The Kier molecular flexibility index (Phi) is 4.58. The molecular weight excluding hydrogens is 309 g/mol. The molecule has 22 heavy (non-hydrogen) atoms. The van der Waals surface area contributed by atoms with Gasteiger partial charge in [0.2, 0.25) is 10.0 Å². The summed E-state index contributed by atoms with van der Waals surface area (Å²) in [5.41, 5.74) is 0.336. The van der Waals surface area contributed by atoms with E-state index in [1.54, 1.807) is 26.8 Å². The number of sulfonamides is 1.